The van der Waals surface area contributed by atoms with Crippen molar-refractivity contribution in [3.05, 3.63) is 47.8 Å². The third kappa shape index (κ3) is 2.09. The number of hydrogen-bond donors (Lipinski definition) is 0. The third-order valence-electron chi connectivity index (χ3n) is 3.89. The highest BCUT2D eigenvalue weighted by Crippen LogP contribution is 2.27. The molecule has 0 radical (unpaired) electrons. The summed E-state index contributed by atoms with van der Waals surface area (Å²) in [5, 5.41) is 0. The van der Waals surface area contributed by atoms with Crippen LogP contribution in [0.2, 0.25) is 0 Å². The maximum absolute atomic E-state index is 4.92. The summed E-state index contributed by atoms with van der Waals surface area (Å²) in [4.78, 5) is 4.92. The summed E-state index contributed by atoms with van der Waals surface area (Å²) < 4.78 is 2.26. The van der Waals surface area contributed by atoms with Gasteiger partial charge in [-0.25, -0.2) is 4.98 Å². The molecule has 0 N–H and O–H groups in total. The molecule has 0 amide bonds. The normalized spacial score (nSPS) is 12.4. The first kappa shape index (κ1) is 13.2. The molecule has 0 unspecified atom stereocenters. The van der Waals surface area contributed by atoms with E-state index in [1.165, 1.54) is 22.3 Å². The van der Waals surface area contributed by atoms with Crippen LogP contribution in [-0.2, 0) is 11.8 Å². The van der Waals surface area contributed by atoms with Gasteiger partial charge in [-0.2, -0.15) is 0 Å². The van der Waals surface area contributed by atoms with Crippen LogP contribution in [0.25, 0.3) is 16.6 Å². The van der Waals surface area contributed by atoms with Gasteiger partial charge >= 0.3 is 0 Å². The highest BCUT2D eigenvalue weighted by molar-refractivity contribution is 5.80. The summed E-state index contributed by atoms with van der Waals surface area (Å²) in [5.41, 5.74) is 6.24. The van der Waals surface area contributed by atoms with Crippen molar-refractivity contribution in [3.63, 3.8) is 0 Å². The Morgan fingerprint density at radius 1 is 1.10 bits per heavy atom. The van der Waals surface area contributed by atoms with Crippen molar-refractivity contribution in [2.24, 2.45) is 0 Å². The van der Waals surface area contributed by atoms with Crippen LogP contribution in [0.1, 0.15) is 45.4 Å². The number of hydrogen-bond acceptors (Lipinski definition) is 1. The van der Waals surface area contributed by atoms with Gasteiger partial charge in [0.2, 0.25) is 0 Å². The molecule has 2 aromatic heterocycles. The second-order valence-electron chi connectivity index (χ2n) is 6.53. The topological polar surface area (TPSA) is 17.3 Å². The highest BCUT2D eigenvalue weighted by Gasteiger charge is 2.15. The minimum absolute atomic E-state index is 0.159. The molecule has 20 heavy (non-hydrogen) atoms. The molecule has 3 aromatic rings. The first-order valence-corrected chi connectivity index (χ1v) is 7.41. The average molecular weight is 266 g/mol. The minimum Gasteiger partial charge on any atom is -0.313 e. The second kappa shape index (κ2) is 4.62. The van der Waals surface area contributed by atoms with Gasteiger partial charge in [-0.15, -0.1) is 0 Å². The zero-order valence-corrected chi connectivity index (χ0v) is 12.8. The van der Waals surface area contributed by atoms with Crippen LogP contribution in [0.3, 0.4) is 0 Å². The van der Waals surface area contributed by atoms with Crippen LogP contribution in [0.5, 0.6) is 0 Å². The van der Waals surface area contributed by atoms with Gasteiger partial charge in [0.15, 0.2) is 0 Å². The molecule has 0 aliphatic heterocycles. The molecule has 0 atom stereocenters. The van der Waals surface area contributed by atoms with Crippen molar-refractivity contribution < 1.29 is 0 Å². The van der Waals surface area contributed by atoms with E-state index in [1.54, 1.807) is 0 Å². The number of rotatable bonds is 2. The van der Waals surface area contributed by atoms with Crippen molar-refractivity contribution in [2.45, 2.75) is 46.0 Å². The lowest BCUT2D eigenvalue weighted by atomic mass is 9.87. The molecule has 0 aliphatic carbocycles. The Hall–Kier alpha value is -1.83. The summed E-state index contributed by atoms with van der Waals surface area (Å²) in [6, 6.07) is 10.9. The molecule has 2 heterocycles. The fourth-order valence-electron chi connectivity index (χ4n) is 2.73. The fraction of sp³-hybridized carbons (Fsp3) is 0.389. The molecule has 0 aliphatic rings. The van der Waals surface area contributed by atoms with Gasteiger partial charge in [-0.3, -0.25) is 0 Å². The van der Waals surface area contributed by atoms with E-state index < -0.39 is 0 Å². The Bertz CT molecular complexity index is 760. The number of aromatic nitrogens is 2. The Kier molecular flexibility index (Phi) is 3.04. The molecular weight excluding hydrogens is 244 g/mol. The molecule has 3 rings (SSSR count). The van der Waals surface area contributed by atoms with E-state index in [9.17, 15) is 0 Å². The zero-order valence-electron chi connectivity index (χ0n) is 12.8. The van der Waals surface area contributed by atoms with Crippen LogP contribution in [-0.4, -0.2) is 9.38 Å². The van der Waals surface area contributed by atoms with Gasteiger partial charge in [-0.1, -0.05) is 40.2 Å². The standard InChI is InChI=1S/C18H22N2/c1-5-7-14-16-8-6-11-20(16)17-10-9-13(18(2,3)4)12-15(17)19-14/h6,8-12H,5,7H2,1-4H3. The van der Waals surface area contributed by atoms with Gasteiger partial charge in [0.05, 0.1) is 22.2 Å². The number of benzene rings is 1. The fourth-order valence-corrected chi connectivity index (χ4v) is 2.73. The lowest BCUT2D eigenvalue weighted by Gasteiger charge is -2.19. The van der Waals surface area contributed by atoms with Gasteiger partial charge in [0.1, 0.15) is 0 Å². The minimum atomic E-state index is 0.159. The van der Waals surface area contributed by atoms with E-state index in [1.807, 2.05) is 0 Å². The summed E-state index contributed by atoms with van der Waals surface area (Å²) in [7, 11) is 0. The third-order valence-corrected chi connectivity index (χ3v) is 3.89. The monoisotopic (exact) mass is 266 g/mol. The first-order chi connectivity index (χ1) is 9.50. The van der Waals surface area contributed by atoms with Crippen LogP contribution in [0, 0.1) is 0 Å². The molecule has 2 heteroatoms. The van der Waals surface area contributed by atoms with Gasteiger partial charge in [0, 0.05) is 6.20 Å². The lowest BCUT2D eigenvalue weighted by Crippen LogP contribution is -2.11. The van der Waals surface area contributed by atoms with Crippen molar-refractivity contribution >= 4 is 16.6 Å². The van der Waals surface area contributed by atoms with Crippen LogP contribution < -0.4 is 0 Å². The smallest absolute Gasteiger partial charge is 0.0877 e. The maximum atomic E-state index is 4.92. The van der Waals surface area contributed by atoms with E-state index in [4.69, 9.17) is 4.98 Å². The predicted molar refractivity (Wildman–Crippen MR) is 85.4 cm³/mol. The predicted octanol–water partition coefficient (Wildman–Crippen LogP) is 4.74. The molecule has 0 spiro atoms. The molecule has 0 saturated carbocycles. The van der Waals surface area contributed by atoms with E-state index in [2.05, 4.69) is 68.6 Å². The molecule has 0 bridgehead atoms. The average Bonchev–Trinajstić information content (AvgIpc) is 2.87. The number of nitrogens with zero attached hydrogens (tertiary/aromatic N) is 2. The first-order valence-electron chi connectivity index (χ1n) is 7.41. The van der Waals surface area contributed by atoms with Gasteiger partial charge in [0.25, 0.3) is 0 Å². The number of aryl methyl sites for hydroxylation is 1. The Morgan fingerprint density at radius 2 is 1.90 bits per heavy atom. The van der Waals surface area contributed by atoms with Crippen LogP contribution in [0.4, 0.5) is 0 Å². The molecule has 104 valence electrons. The molecule has 0 fully saturated rings. The summed E-state index contributed by atoms with van der Waals surface area (Å²) >= 11 is 0. The SMILES string of the molecule is CCCc1nc2cc(C(C)(C)C)ccc2n2cccc12. The molecule has 2 nitrogen and oxygen atoms in total. The van der Waals surface area contributed by atoms with Crippen molar-refractivity contribution in [1.29, 1.82) is 0 Å². The zero-order chi connectivity index (χ0) is 14.3. The van der Waals surface area contributed by atoms with Crippen LogP contribution >= 0.6 is 0 Å². The van der Waals surface area contributed by atoms with Crippen LogP contribution in [0.15, 0.2) is 36.5 Å². The van der Waals surface area contributed by atoms with E-state index in [-0.39, 0.29) is 5.41 Å². The lowest BCUT2D eigenvalue weighted by molar-refractivity contribution is 0.591. The Balaban J connectivity index is 2.32. The van der Waals surface area contributed by atoms with E-state index in [0.29, 0.717) is 0 Å². The van der Waals surface area contributed by atoms with E-state index >= 15 is 0 Å². The Labute approximate surface area is 120 Å². The highest BCUT2D eigenvalue weighted by atomic mass is 14.9. The quantitative estimate of drug-likeness (QED) is 0.655. The maximum Gasteiger partial charge on any atom is 0.0877 e. The van der Waals surface area contributed by atoms with Crippen molar-refractivity contribution in [3.8, 4) is 0 Å². The van der Waals surface area contributed by atoms with Gasteiger partial charge < -0.3 is 4.40 Å². The van der Waals surface area contributed by atoms with Crippen molar-refractivity contribution in [1.82, 2.24) is 9.38 Å². The Morgan fingerprint density at radius 3 is 2.60 bits per heavy atom. The molecular formula is C18H22N2. The largest absolute Gasteiger partial charge is 0.313 e. The van der Waals surface area contributed by atoms with Gasteiger partial charge in [-0.05, 0) is 41.7 Å². The van der Waals surface area contributed by atoms with E-state index in [0.717, 1.165) is 18.4 Å². The summed E-state index contributed by atoms with van der Waals surface area (Å²) in [6.07, 6.45) is 4.29. The van der Waals surface area contributed by atoms with Crippen molar-refractivity contribution in [2.75, 3.05) is 0 Å². The number of fused-ring (bicyclic) bond motifs is 3. The second-order valence-corrected chi connectivity index (χ2v) is 6.53. The molecule has 1 aromatic carbocycles. The molecule has 0 saturated heterocycles. The summed E-state index contributed by atoms with van der Waals surface area (Å²) in [6.45, 7) is 8.94. The summed E-state index contributed by atoms with van der Waals surface area (Å²) in [5.74, 6) is 0.